The maximum Gasteiger partial charge on any atom is 0.201 e. The number of hydrogen-bond acceptors (Lipinski definition) is 4. The van der Waals surface area contributed by atoms with Crippen LogP contribution in [0.2, 0.25) is 5.02 Å². The molecule has 1 saturated heterocycles. The second kappa shape index (κ2) is 4.60. The van der Waals surface area contributed by atoms with Gasteiger partial charge in [0.25, 0.3) is 0 Å². The molecule has 1 aliphatic rings. The molecule has 20 heavy (non-hydrogen) atoms. The van der Waals surface area contributed by atoms with Crippen LogP contribution in [0.5, 0.6) is 0 Å². The van der Waals surface area contributed by atoms with E-state index in [1.54, 1.807) is 4.57 Å². The SMILES string of the molecule is Nc1nc2cc(Cl)c(F)cc2n1C1CCCS(=O)(=O)C1. The van der Waals surface area contributed by atoms with Crippen molar-refractivity contribution in [3.8, 4) is 0 Å². The lowest BCUT2D eigenvalue weighted by molar-refractivity contribution is 0.483. The third-order valence-corrected chi connectivity index (χ3v) is 5.66. The second-order valence-corrected chi connectivity index (χ2v) is 7.64. The van der Waals surface area contributed by atoms with E-state index in [4.69, 9.17) is 17.3 Å². The van der Waals surface area contributed by atoms with Gasteiger partial charge >= 0.3 is 0 Å². The fourth-order valence-corrected chi connectivity index (χ4v) is 4.53. The Labute approximate surface area is 120 Å². The smallest absolute Gasteiger partial charge is 0.201 e. The third-order valence-electron chi connectivity index (χ3n) is 3.56. The van der Waals surface area contributed by atoms with Gasteiger partial charge in [-0.1, -0.05) is 11.6 Å². The van der Waals surface area contributed by atoms with Gasteiger partial charge in [0.05, 0.1) is 33.6 Å². The molecule has 108 valence electrons. The van der Waals surface area contributed by atoms with Crippen molar-refractivity contribution < 1.29 is 12.8 Å². The highest BCUT2D eigenvalue weighted by molar-refractivity contribution is 7.91. The van der Waals surface area contributed by atoms with Gasteiger partial charge in [0.2, 0.25) is 5.95 Å². The van der Waals surface area contributed by atoms with E-state index in [1.807, 2.05) is 0 Å². The Hall–Kier alpha value is -1.34. The molecule has 0 radical (unpaired) electrons. The van der Waals surface area contributed by atoms with Gasteiger partial charge in [-0.25, -0.2) is 17.8 Å². The molecule has 1 aromatic heterocycles. The van der Waals surface area contributed by atoms with Crippen molar-refractivity contribution >= 4 is 38.4 Å². The minimum absolute atomic E-state index is 0.00685. The van der Waals surface area contributed by atoms with Gasteiger partial charge in [-0.2, -0.15) is 0 Å². The van der Waals surface area contributed by atoms with Crippen LogP contribution in [0.25, 0.3) is 11.0 Å². The Kier molecular flexibility index (Phi) is 3.13. The summed E-state index contributed by atoms with van der Waals surface area (Å²) in [5, 5.41) is -0.0292. The molecule has 0 saturated carbocycles. The lowest BCUT2D eigenvalue weighted by Gasteiger charge is -2.24. The second-order valence-electron chi connectivity index (χ2n) is 5.01. The Morgan fingerprint density at radius 1 is 1.45 bits per heavy atom. The molecule has 0 spiro atoms. The number of benzene rings is 1. The summed E-state index contributed by atoms with van der Waals surface area (Å²) in [7, 11) is -3.09. The molecule has 2 aromatic rings. The number of anilines is 1. The Morgan fingerprint density at radius 3 is 2.90 bits per heavy atom. The van der Waals surface area contributed by atoms with Crippen molar-refractivity contribution in [3.05, 3.63) is 23.0 Å². The van der Waals surface area contributed by atoms with E-state index in [0.717, 1.165) is 0 Å². The number of halogens is 2. The molecule has 0 amide bonds. The average Bonchev–Trinajstić information content (AvgIpc) is 2.64. The summed E-state index contributed by atoms with van der Waals surface area (Å²) in [6, 6.07) is 2.35. The van der Waals surface area contributed by atoms with Crippen molar-refractivity contribution in [2.24, 2.45) is 0 Å². The van der Waals surface area contributed by atoms with Gasteiger partial charge in [-0.3, -0.25) is 0 Å². The maximum atomic E-state index is 13.6. The number of nitrogens with zero attached hydrogens (tertiary/aromatic N) is 2. The van der Waals surface area contributed by atoms with Crippen LogP contribution in [0.4, 0.5) is 10.3 Å². The highest BCUT2D eigenvalue weighted by Crippen LogP contribution is 2.32. The number of aromatic nitrogens is 2. The molecule has 1 fully saturated rings. The number of rotatable bonds is 1. The van der Waals surface area contributed by atoms with E-state index in [-0.39, 0.29) is 28.5 Å². The molecule has 2 N–H and O–H groups in total. The van der Waals surface area contributed by atoms with Gasteiger partial charge in [0, 0.05) is 6.07 Å². The van der Waals surface area contributed by atoms with Crippen LogP contribution >= 0.6 is 11.6 Å². The molecule has 3 rings (SSSR count). The van der Waals surface area contributed by atoms with Crippen molar-refractivity contribution in [2.45, 2.75) is 18.9 Å². The van der Waals surface area contributed by atoms with Crippen molar-refractivity contribution in [1.29, 1.82) is 0 Å². The van der Waals surface area contributed by atoms with E-state index in [1.165, 1.54) is 12.1 Å². The minimum Gasteiger partial charge on any atom is -0.369 e. The summed E-state index contributed by atoms with van der Waals surface area (Å²) >= 11 is 5.72. The molecule has 8 heteroatoms. The summed E-state index contributed by atoms with van der Waals surface area (Å²) in [5.74, 6) is -0.189. The van der Waals surface area contributed by atoms with Gasteiger partial charge < -0.3 is 10.3 Å². The molecule has 5 nitrogen and oxygen atoms in total. The summed E-state index contributed by atoms with van der Waals surface area (Å²) in [6.45, 7) is 0. The molecular formula is C12H13ClFN3O2S. The van der Waals surface area contributed by atoms with Crippen LogP contribution < -0.4 is 5.73 Å². The summed E-state index contributed by atoms with van der Waals surface area (Å²) in [5.41, 5.74) is 6.81. The third kappa shape index (κ3) is 2.25. The number of fused-ring (bicyclic) bond motifs is 1. The molecule has 1 unspecified atom stereocenters. The first kappa shape index (κ1) is 13.6. The highest BCUT2D eigenvalue weighted by Gasteiger charge is 2.28. The van der Waals surface area contributed by atoms with Crippen LogP contribution in [-0.4, -0.2) is 29.5 Å². The topological polar surface area (TPSA) is 78.0 Å². The van der Waals surface area contributed by atoms with Gasteiger partial charge in [-0.05, 0) is 18.9 Å². The quantitative estimate of drug-likeness (QED) is 0.874. The lowest BCUT2D eigenvalue weighted by Crippen LogP contribution is -2.28. The molecular weight excluding hydrogens is 305 g/mol. The zero-order chi connectivity index (χ0) is 14.5. The van der Waals surface area contributed by atoms with Crippen LogP contribution in [0, 0.1) is 5.82 Å². The lowest BCUT2D eigenvalue weighted by atomic mass is 10.1. The normalized spacial score (nSPS) is 22.2. The van der Waals surface area contributed by atoms with Crippen LogP contribution in [0.1, 0.15) is 18.9 Å². The van der Waals surface area contributed by atoms with Crippen LogP contribution in [-0.2, 0) is 9.84 Å². The predicted molar refractivity (Wildman–Crippen MR) is 76.0 cm³/mol. The van der Waals surface area contributed by atoms with Crippen molar-refractivity contribution in [2.75, 3.05) is 17.2 Å². The predicted octanol–water partition coefficient (Wildman–Crippen LogP) is 2.16. The number of imidazole rings is 1. The summed E-state index contributed by atoms with van der Waals surface area (Å²) in [6.07, 6.45) is 1.25. The number of sulfone groups is 1. The van der Waals surface area contributed by atoms with E-state index >= 15 is 0 Å². The van der Waals surface area contributed by atoms with Crippen molar-refractivity contribution in [3.63, 3.8) is 0 Å². The average molecular weight is 318 g/mol. The first-order valence-corrected chi connectivity index (χ1v) is 8.40. The first-order chi connectivity index (χ1) is 9.37. The van der Waals surface area contributed by atoms with Gasteiger partial charge in [0.15, 0.2) is 9.84 Å². The number of hydrogen-bond donors (Lipinski definition) is 1. The molecule has 0 aliphatic carbocycles. The zero-order valence-corrected chi connectivity index (χ0v) is 12.1. The number of nitrogens with two attached hydrogens (primary N) is 1. The molecule has 1 aliphatic heterocycles. The Bertz CT molecular complexity index is 788. The van der Waals surface area contributed by atoms with E-state index < -0.39 is 15.7 Å². The highest BCUT2D eigenvalue weighted by atomic mass is 35.5. The minimum atomic E-state index is -3.09. The zero-order valence-electron chi connectivity index (χ0n) is 10.5. The maximum absolute atomic E-state index is 13.6. The Morgan fingerprint density at radius 2 is 2.20 bits per heavy atom. The fraction of sp³-hybridized carbons (Fsp3) is 0.417. The van der Waals surface area contributed by atoms with E-state index in [9.17, 15) is 12.8 Å². The largest absolute Gasteiger partial charge is 0.369 e. The monoisotopic (exact) mass is 317 g/mol. The standard InChI is InChI=1S/C12H13ClFN3O2S/c13-8-4-10-11(5-9(8)14)17(12(15)16-10)7-2-1-3-20(18,19)6-7/h4-5,7H,1-3,6H2,(H2,15,16). The van der Waals surface area contributed by atoms with E-state index in [0.29, 0.717) is 23.9 Å². The van der Waals surface area contributed by atoms with Crippen LogP contribution in [0.3, 0.4) is 0 Å². The van der Waals surface area contributed by atoms with Crippen LogP contribution in [0.15, 0.2) is 12.1 Å². The van der Waals surface area contributed by atoms with Crippen molar-refractivity contribution in [1.82, 2.24) is 9.55 Å². The van der Waals surface area contributed by atoms with Gasteiger partial charge in [0.1, 0.15) is 5.82 Å². The number of nitrogen functional groups attached to an aromatic ring is 1. The fourth-order valence-electron chi connectivity index (χ4n) is 2.70. The molecule has 0 bridgehead atoms. The first-order valence-electron chi connectivity index (χ1n) is 6.20. The van der Waals surface area contributed by atoms with Gasteiger partial charge in [-0.15, -0.1) is 0 Å². The summed E-state index contributed by atoms with van der Waals surface area (Å²) in [4.78, 5) is 4.13. The molecule has 1 aromatic carbocycles. The molecule has 1 atom stereocenters. The summed E-state index contributed by atoms with van der Waals surface area (Å²) < 4.78 is 38.7. The Balaban J connectivity index is 2.16. The van der Waals surface area contributed by atoms with E-state index in [2.05, 4.69) is 4.98 Å². The molecule has 2 heterocycles.